The molecule has 2 N–H and O–H groups in total. The average molecular weight is 559 g/mol. The summed E-state index contributed by atoms with van der Waals surface area (Å²) in [5, 5.41) is 13.6. The second-order valence-electron chi connectivity index (χ2n) is 9.09. The van der Waals surface area contributed by atoms with Gasteiger partial charge in [0.2, 0.25) is 5.91 Å². The molecule has 1 aromatic carbocycles. The number of aromatic nitrogens is 1. The van der Waals surface area contributed by atoms with Gasteiger partial charge in [-0.25, -0.2) is 9.78 Å². The van der Waals surface area contributed by atoms with Crippen LogP contribution in [0.2, 0.25) is 0 Å². The highest BCUT2D eigenvalue weighted by atomic mass is 32.2. The molecule has 3 rings (SSSR count). The number of hydroxylamine groups is 2. The zero-order valence-electron chi connectivity index (χ0n) is 22.3. The summed E-state index contributed by atoms with van der Waals surface area (Å²) in [5.74, 6) is -2.04. The van der Waals surface area contributed by atoms with Gasteiger partial charge in [-0.15, -0.1) is 16.8 Å². The van der Waals surface area contributed by atoms with Gasteiger partial charge in [-0.1, -0.05) is 44.2 Å². The van der Waals surface area contributed by atoms with Crippen LogP contribution in [-0.2, 0) is 19.2 Å². The zero-order chi connectivity index (χ0) is 28.4. The maximum absolute atomic E-state index is 13.4. The average Bonchev–Trinajstić information content (AvgIpc) is 2.91. The van der Waals surface area contributed by atoms with Gasteiger partial charge in [-0.3, -0.25) is 14.4 Å². The highest BCUT2D eigenvalue weighted by Gasteiger charge is 2.31. The van der Waals surface area contributed by atoms with E-state index in [1.54, 1.807) is 24.8 Å². The van der Waals surface area contributed by atoms with Gasteiger partial charge in [0.25, 0.3) is 5.91 Å². The Labute approximate surface area is 231 Å². The third-order valence-electron chi connectivity index (χ3n) is 5.74. The van der Waals surface area contributed by atoms with Crippen LogP contribution in [0.4, 0.5) is 4.79 Å². The van der Waals surface area contributed by atoms with Gasteiger partial charge in [-0.05, 0) is 25.5 Å². The minimum absolute atomic E-state index is 0.0780. The molecule has 0 unspecified atom stereocenters. The quantitative estimate of drug-likeness (QED) is 0.311. The van der Waals surface area contributed by atoms with Gasteiger partial charge in [0.05, 0.1) is 25.4 Å². The number of rotatable bonds is 11. The molecule has 1 aromatic heterocycles. The minimum Gasteiger partial charge on any atom is -0.481 e. The molecule has 1 aliphatic heterocycles. The fourth-order valence-electron chi connectivity index (χ4n) is 3.95. The van der Waals surface area contributed by atoms with E-state index in [1.807, 2.05) is 50.2 Å². The van der Waals surface area contributed by atoms with Crippen LogP contribution in [0.1, 0.15) is 44.1 Å². The summed E-state index contributed by atoms with van der Waals surface area (Å²) in [4.78, 5) is 61.6. The van der Waals surface area contributed by atoms with Crippen LogP contribution >= 0.6 is 11.8 Å². The van der Waals surface area contributed by atoms with Crippen molar-refractivity contribution < 1.29 is 33.9 Å². The second kappa shape index (κ2) is 14.5. The SMILES string of the molecule is CCOC(=O)ON1CCN(C(=O)[C@H](CCC(=O)O)NC(=O)c2cc(SC(C)C)cc(-c3ccccc3)n2)CC1. The van der Waals surface area contributed by atoms with Crippen molar-refractivity contribution in [3.8, 4) is 11.3 Å². The Kier molecular flexibility index (Phi) is 11.1. The predicted octanol–water partition coefficient (Wildman–Crippen LogP) is 3.44. The Morgan fingerprint density at radius 3 is 2.38 bits per heavy atom. The number of carboxylic acids is 1. The number of hydrogen-bond acceptors (Lipinski definition) is 9. The first kappa shape index (κ1) is 29.9. The molecule has 0 saturated carbocycles. The van der Waals surface area contributed by atoms with Gasteiger partial charge in [0.1, 0.15) is 11.7 Å². The standard InChI is InChI=1S/C27H34N4O7S/c1-4-37-27(36)38-31-14-12-30(13-15-31)26(35)21(10-11-24(32)33)29-25(34)23-17-20(39-18(2)3)16-22(28-23)19-8-6-5-7-9-19/h5-9,16-18,21H,4,10-15H2,1-3H3,(H,29,34)(H,32,33)/t21-/m0/s1. The smallest absolute Gasteiger partial charge is 0.481 e. The van der Waals surface area contributed by atoms with Crippen molar-refractivity contribution in [3.05, 3.63) is 48.2 Å². The van der Waals surface area contributed by atoms with E-state index in [0.29, 0.717) is 5.69 Å². The topological polar surface area (TPSA) is 138 Å². The molecule has 2 aromatic rings. The van der Waals surface area contributed by atoms with E-state index in [2.05, 4.69) is 10.3 Å². The third-order valence-corrected chi connectivity index (χ3v) is 6.72. The number of ether oxygens (including phenoxy) is 1. The lowest BCUT2D eigenvalue weighted by Crippen LogP contribution is -2.55. The highest BCUT2D eigenvalue weighted by Crippen LogP contribution is 2.28. The van der Waals surface area contributed by atoms with Gasteiger partial charge < -0.3 is 24.9 Å². The lowest BCUT2D eigenvalue weighted by molar-refractivity contribution is -0.157. The first-order chi connectivity index (χ1) is 18.7. The number of nitrogens with zero attached hydrogens (tertiary/aromatic N) is 3. The highest BCUT2D eigenvalue weighted by molar-refractivity contribution is 7.99. The molecule has 2 amide bonds. The minimum atomic E-state index is -1.07. The van der Waals surface area contributed by atoms with Crippen molar-refractivity contribution in [2.45, 2.75) is 49.8 Å². The van der Waals surface area contributed by atoms with Crippen molar-refractivity contribution in [2.24, 2.45) is 0 Å². The van der Waals surface area contributed by atoms with E-state index < -0.39 is 30.0 Å². The Bertz CT molecular complexity index is 1150. The Morgan fingerprint density at radius 2 is 1.77 bits per heavy atom. The lowest BCUT2D eigenvalue weighted by Gasteiger charge is -2.35. The second-order valence-corrected chi connectivity index (χ2v) is 10.7. The zero-order valence-corrected chi connectivity index (χ0v) is 23.1. The maximum Gasteiger partial charge on any atom is 0.527 e. The number of carbonyl (C=O) groups is 4. The van der Waals surface area contributed by atoms with Gasteiger partial charge in [0, 0.05) is 35.2 Å². The molecule has 0 spiro atoms. The fourth-order valence-corrected chi connectivity index (χ4v) is 4.85. The number of pyridine rings is 1. The van der Waals surface area contributed by atoms with E-state index in [0.717, 1.165) is 10.5 Å². The number of thioether (sulfide) groups is 1. The van der Waals surface area contributed by atoms with Crippen LogP contribution in [0.25, 0.3) is 11.3 Å². The summed E-state index contributed by atoms with van der Waals surface area (Å²) in [6.07, 6.45) is -1.19. The first-order valence-corrected chi connectivity index (χ1v) is 13.7. The number of amides is 2. The molecule has 11 nitrogen and oxygen atoms in total. The summed E-state index contributed by atoms with van der Waals surface area (Å²) in [6.45, 7) is 6.91. The van der Waals surface area contributed by atoms with E-state index in [1.165, 1.54) is 9.96 Å². The van der Waals surface area contributed by atoms with Crippen molar-refractivity contribution >= 4 is 35.7 Å². The number of benzene rings is 1. The summed E-state index contributed by atoms with van der Waals surface area (Å²) < 4.78 is 4.77. The fraction of sp³-hybridized carbons (Fsp3) is 0.444. The third kappa shape index (κ3) is 9.25. The molecular weight excluding hydrogens is 524 g/mol. The number of nitrogens with one attached hydrogen (secondary N) is 1. The van der Waals surface area contributed by atoms with E-state index >= 15 is 0 Å². The molecule has 0 bridgehead atoms. The van der Waals surface area contributed by atoms with E-state index in [9.17, 15) is 24.3 Å². The van der Waals surface area contributed by atoms with Crippen molar-refractivity contribution in [3.63, 3.8) is 0 Å². The largest absolute Gasteiger partial charge is 0.527 e. The lowest BCUT2D eigenvalue weighted by atomic mass is 10.1. The molecule has 0 aliphatic carbocycles. The normalized spacial score (nSPS) is 14.5. The van der Waals surface area contributed by atoms with Crippen LogP contribution in [0.3, 0.4) is 0 Å². The maximum atomic E-state index is 13.4. The summed E-state index contributed by atoms with van der Waals surface area (Å²) in [5.41, 5.74) is 1.61. The molecule has 39 heavy (non-hydrogen) atoms. The molecule has 1 aliphatic rings. The molecule has 1 atom stereocenters. The van der Waals surface area contributed by atoms with Crippen LogP contribution in [0.15, 0.2) is 47.4 Å². The summed E-state index contributed by atoms with van der Waals surface area (Å²) in [7, 11) is 0. The van der Waals surface area contributed by atoms with Crippen molar-refractivity contribution in [1.29, 1.82) is 0 Å². The van der Waals surface area contributed by atoms with Crippen LogP contribution in [0, 0.1) is 0 Å². The number of aliphatic carboxylic acids is 1. The Balaban J connectivity index is 1.76. The van der Waals surface area contributed by atoms with Crippen molar-refractivity contribution in [2.75, 3.05) is 32.8 Å². The molecule has 210 valence electrons. The summed E-state index contributed by atoms with van der Waals surface area (Å²) >= 11 is 1.59. The Hall–Kier alpha value is -3.64. The predicted molar refractivity (Wildman–Crippen MR) is 145 cm³/mol. The van der Waals surface area contributed by atoms with Gasteiger partial charge in [0.15, 0.2) is 0 Å². The number of carboxylic acid groups (broad SMARTS) is 1. The van der Waals surface area contributed by atoms with Crippen molar-refractivity contribution in [1.82, 2.24) is 20.3 Å². The van der Waals surface area contributed by atoms with Crippen LogP contribution in [-0.4, -0.2) is 88.1 Å². The van der Waals surface area contributed by atoms with Gasteiger partial charge >= 0.3 is 12.1 Å². The van der Waals surface area contributed by atoms with Crippen LogP contribution in [0.5, 0.6) is 0 Å². The van der Waals surface area contributed by atoms with Crippen LogP contribution < -0.4 is 5.32 Å². The molecule has 2 heterocycles. The number of carbonyl (C=O) groups excluding carboxylic acids is 3. The Morgan fingerprint density at radius 1 is 1.08 bits per heavy atom. The summed E-state index contributed by atoms with van der Waals surface area (Å²) in [6, 6.07) is 12.0. The molecular formula is C27H34N4O7S. The first-order valence-electron chi connectivity index (χ1n) is 12.8. The molecule has 12 heteroatoms. The monoisotopic (exact) mass is 558 g/mol. The number of hydrogen-bond donors (Lipinski definition) is 2. The van der Waals surface area contributed by atoms with E-state index in [4.69, 9.17) is 9.57 Å². The van der Waals surface area contributed by atoms with E-state index in [-0.39, 0.29) is 56.6 Å². The molecule has 1 saturated heterocycles. The molecule has 0 radical (unpaired) electrons. The number of piperazine rings is 1. The molecule has 1 fully saturated rings. The van der Waals surface area contributed by atoms with Gasteiger partial charge in [-0.2, -0.15) is 0 Å².